The molecule has 0 saturated heterocycles. The van der Waals surface area contributed by atoms with Crippen LogP contribution in [0.4, 0.5) is 0 Å². The van der Waals surface area contributed by atoms with Crippen molar-refractivity contribution in [2.45, 2.75) is 38.5 Å². The summed E-state index contributed by atoms with van der Waals surface area (Å²) in [6.07, 6.45) is 11.7. The van der Waals surface area contributed by atoms with Crippen LogP contribution < -0.4 is 4.74 Å². The van der Waals surface area contributed by atoms with Gasteiger partial charge in [-0.15, -0.1) is 0 Å². The number of ether oxygens (including phenoxy) is 1. The summed E-state index contributed by atoms with van der Waals surface area (Å²) in [4.78, 5) is 4.18. The lowest BCUT2D eigenvalue weighted by Gasteiger charge is -2.27. The Hall–Kier alpha value is -2.09. The molecule has 0 radical (unpaired) electrons. The van der Waals surface area contributed by atoms with E-state index < -0.39 is 0 Å². The van der Waals surface area contributed by atoms with Crippen LogP contribution in [0, 0.1) is 0 Å². The number of rotatable bonds is 7. The quantitative estimate of drug-likeness (QED) is 0.696. The molecule has 0 fully saturated rings. The first-order valence-electron chi connectivity index (χ1n) is 7.92. The highest BCUT2D eigenvalue weighted by Gasteiger charge is 2.23. The Labute approximate surface area is 133 Å². The summed E-state index contributed by atoms with van der Waals surface area (Å²) in [5.74, 6) is 0.912. The van der Waals surface area contributed by atoms with Crippen molar-refractivity contribution in [3.05, 3.63) is 66.0 Å². The molecule has 1 aromatic carbocycles. The third kappa shape index (κ3) is 4.20. The van der Waals surface area contributed by atoms with Crippen LogP contribution in [-0.4, -0.2) is 12.1 Å². The third-order valence-corrected chi connectivity index (χ3v) is 4.11. The maximum atomic E-state index is 5.38. The van der Waals surface area contributed by atoms with E-state index >= 15 is 0 Å². The Bertz CT molecular complexity index is 606. The van der Waals surface area contributed by atoms with Crippen LogP contribution in [0.2, 0.25) is 0 Å². The van der Waals surface area contributed by atoms with E-state index in [0.29, 0.717) is 0 Å². The van der Waals surface area contributed by atoms with Gasteiger partial charge in [-0.2, -0.15) is 0 Å². The highest BCUT2D eigenvalue weighted by atomic mass is 16.5. The summed E-state index contributed by atoms with van der Waals surface area (Å²) in [6, 6.07) is 12.4. The molecule has 0 spiro atoms. The number of nitrogens with zero attached hydrogens (tertiary/aromatic N) is 1. The lowest BCUT2D eigenvalue weighted by Crippen LogP contribution is -2.19. The van der Waals surface area contributed by atoms with Crippen LogP contribution in [0.3, 0.4) is 0 Å². The van der Waals surface area contributed by atoms with Gasteiger partial charge in [0.15, 0.2) is 0 Å². The Morgan fingerprint density at radius 1 is 1.23 bits per heavy atom. The number of methoxy groups -OCH3 is 1. The number of benzene rings is 1. The van der Waals surface area contributed by atoms with E-state index in [1.54, 1.807) is 13.3 Å². The average molecular weight is 295 g/mol. The molecule has 0 bridgehead atoms. The van der Waals surface area contributed by atoms with E-state index in [2.05, 4.69) is 55.2 Å². The van der Waals surface area contributed by atoms with Gasteiger partial charge in [0, 0.05) is 17.8 Å². The Morgan fingerprint density at radius 2 is 2.09 bits per heavy atom. The van der Waals surface area contributed by atoms with E-state index in [1.165, 1.54) is 18.4 Å². The van der Waals surface area contributed by atoms with Gasteiger partial charge in [-0.25, -0.2) is 0 Å². The molecule has 1 aromatic heterocycles. The van der Waals surface area contributed by atoms with Gasteiger partial charge in [-0.05, 0) is 35.7 Å². The molecule has 0 aliphatic carbocycles. The molecular formula is C20H25NO. The van der Waals surface area contributed by atoms with E-state index in [-0.39, 0.29) is 5.41 Å². The topological polar surface area (TPSA) is 22.1 Å². The van der Waals surface area contributed by atoms with Gasteiger partial charge in [0.1, 0.15) is 5.75 Å². The van der Waals surface area contributed by atoms with Gasteiger partial charge in [0.05, 0.1) is 7.11 Å². The van der Waals surface area contributed by atoms with Gasteiger partial charge in [0.2, 0.25) is 0 Å². The zero-order chi connectivity index (χ0) is 15.8. The molecule has 1 heterocycles. The maximum absolute atomic E-state index is 5.38. The minimum atomic E-state index is 0.000388. The smallest absolute Gasteiger partial charge is 0.119 e. The fraction of sp³-hybridized carbons (Fsp3) is 0.350. The number of unbranched alkanes of at least 4 members (excludes halogenated alkanes) is 1. The fourth-order valence-electron chi connectivity index (χ4n) is 2.60. The van der Waals surface area contributed by atoms with Gasteiger partial charge >= 0.3 is 0 Å². The highest BCUT2D eigenvalue weighted by Crippen LogP contribution is 2.33. The predicted octanol–water partition coefficient (Wildman–Crippen LogP) is 5.25. The largest absolute Gasteiger partial charge is 0.497 e. The summed E-state index contributed by atoms with van der Waals surface area (Å²) in [7, 11) is 1.72. The van der Waals surface area contributed by atoms with Crippen molar-refractivity contribution in [1.29, 1.82) is 0 Å². The average Bonchev–Trinajstić information content (AvgIpc) is 2.59. The molecule has 0 aliphatic rings. The van der Waals surface area contributed by atoms with Crippen molar-refractivity contribution in [3.8, 4) is 5.75 Å². The number of pyridine rings is 1. The summed E-state index contributed by atoms with van der Waals surface area (Å²) in [5, 5.41) is 0. The van der Waals surface area contributed by atoms with Crippen LogP contribution >= 0.6 is 0 Å². The molecule has 2 rings (SSSR count). The van der Waals surface area contributed by atoms with E-state index in [9.17, 15) is 0 Å². The fourth-order valence-corrected chi connectivity index (χ4v) is 2.60. The van der Waals surface area contributed by atoms with Crippen molar-refractivity contribution in [3.63, 3.8) is 0 Å². The molecule has 0 N–H and O–H groups in total. The van der Waals surface area contributed by atoms with Gasteiger partial charge < -0.3 is 4.74 Å². The first-order chi connectivity index (χ1) is 10.7. The number of allylic oxidation sites excluding steroid dienone is 1. The minimum Gasteiger partial charge on any atom is -0.497 e. The molecule has 0 amide bonds. The second-order valence-electron chi connectivity index (χ2n) is 5.87. The lowest BCUT2D eigenvalue weighted by molar-refractivity contribution is 0.412. The zero-order valence-corrected chi connectivity index (χ0v) is 13.8. The highest BCUT2D eigenvalue weighted by molar-refractivity contribution is 5.51. The van der Waals surface area contributed by atoms with Crippen molar-refractivity contribution < 1.29 is 4.74 Å². The van der Waals surface area contributed by atoms with Crippen molar-refractivity contribution in [1.82, 2.24) is 4.98 Å². The van der Waals surface area contributed by atoms with Crippen LogP contribution in [0.25, 0.3) is 6.08 Å². The molecule has 2 aromatic rings. The van der Waals surface area contributed by atoms with Crippen LogP contribution in [0.1, 0.15) is 44.2 Å². The standard InChI is InChI=1S/C20H25NO/c1-4-5-12-20(2,13-11-17-8-7-14-21-16-17)18-9-6-10-19(15-18)22-3/h6-11,13-16H,4-5,12H2,1-3H3/b13-11+/t20-/m0/s1. The summed E-state index contributed by atoms with van der Waals surface area (Å²) in [6.45, 7) is 4.53. The monoisotopic (exact) mass is 295 g/mol. The molecule has 0 unspecified atom stereocenters. The van der Waals surface area contributed by atoms with Crippen LogP contribution in [0.15, 0.2) is 54.9 Å². The normalized spacial score (nSPS) is 14.0. The van der Waals surface area contributed by atoms with E-state index in [0.717, 1.165) is 17.7 Å². The first kappa shape index (κ1) is 16.3. The molecule has 0 saturated carbocycles. The third-order valence-electron chi connectivity index (χ3n) is 4.11. The second-order valence-corrected chi connectivity index (χ2v) is 5.87. The van der Waals surface area contributed by atoms with Crippen LogP contribution in [-0.2, 0) is 5.41 Å². The van der Waals surface area contributed by atoms with Gasteiger partial charge in [0.25, 0.3) is 0 Å². The molecule has 0 aliphatic heterocycles. The Balaban J connectivity index is 2.32. The number of hydrogen-bond donors (Lipinski definition) is 0. The Morgan fingerprint density at radius 3 is 2.77 bits per heavy atom. The molecule has 2 nitrogen and oxygen atoms in total. The van der Waals surface area contributed by atoms with E-state index in [4.69, 9.17) is 4.74 Å². The van der Waals surface area contributed by atoms with Crippen LogP contribution in [0.5, 0.6) is 5.75 Å². The SMILES string of the molecule is CCCC[C@@](C)(/C=C/c1cccnc1)c1cccc(OC)c1. The summed E-state index contributed by atoms with van der Waals surface area (Å²) >= 11 is 0. The minimum absolute atomic E-state index is 0.000388. The molecule has 1 atom stereocenters. The lowest BCUT2D eigenvalue weighted by atomic mass is 9.77. The Kier molecular flexibility index (Phi) is 5.76. The predicted molar refractivity (Wildman–Crippen MR) is 93.1 cm³/mol. The van der Waals surface area contributed by atoms with Crippen molar-refractivity contribution >= 4 is 6.08 Å². The van der Waals surface area contributed by atoms with Gasteiger partial charge in [-0.1, -0.05) is 57.0 Å². The first-order valence-corrected chi connectivity index (χ1v) is 7.92. The maximum Gasteiger partial charge on any atom is 0.119 e. The molecule has 116 valence electrons. The molecular weight excluding hydrogens is 270 g/mol. The van der Waals surface area contributed by atoms with E-state index in [1.807, 2.05) is 18.3 Å². The summed E-state index contributed by atoms with van der Waals surface area (Å²) < 4.78 is 5.38. The molecule has 22 heavy (non-hydrogen) atoms. The van der Waals surface area contributed by atoms with Gasteiger partial charge in [-0.3, -0.25) is 4.98 Å². The van der Waals surface area contributed by atoms with Crippen molar-refractivity contribution in [2.75, 3.05) is 7.11 Å². The number of hydrogen-bond acceptors (Lipinski definition) is 2. The number of aromatic nitrogens is 1. The summed E-state index contributed by atoms with van der Waals surface area (Å²) in [5.41, 5.74) is 2.42. The zero-order valence-electron chi connectivity index (χ0n) is 13.8. The second kappa shape index (κ2) is 7.79. The molecule has 2 heteroatoms. The van der Waals surface area contributed by atoms with Crippen molar-refractivity contribution in [2.24, 2.45) is 0 Å².